The summed E-state index contributed by atoms with van der Waals surface area (Å²) in [6, 6.07) is 11.5. The fourth-order valence-corrected chi connectivity index (χ4v) is 6.45. The van der Waals surface area contributed by atoms with Gasteiger partial charge in [0, 0.05) is 0 Å². The fraction of sp³-hybridized carbons (Fsp3) is 0.480. The molecule has 0 spiro atoms. The number of amides is 2. The second-order valence-corrected chi connectivity index (χ2v) is 24.9. The third-order valence-electron chi connectivity index (χ3n) is 5.49. The molecule has 7 nitrogen and oxygen atoms in total. The van der Waals surface area contributed by atoms with Crippen molar-refractivity contribution in [2.24, 2.45) is 0 Å². The summed E-state index contributed by atoms with van der Waals surface area (Å²) in [5.41, 5.74) is 1.06. The van der Waals surface area contributed by atoms with Gasteiger partial charge in [-0.1, -0.05) is 0 Å². The topological polar surface area (TPSA) is 72.0 Å². The Morgan fingerprint density at radius 3 is 2.42 bits per heavy atom. The standard InChI is InChI=1S/C22H26N3O4.3CH3.Sn/c1-22(2,3)29-21(27)24-13-11-19(24)15-25(18-10-7-12-23-14-18)20(26)28-16-17-8-5-4-6-9-17;;;;/h4-6,8-10,12,14,19H,11,13,15-16H2,1-3H3;3*1H3;/t19-;;;;/m0..../s1. The average Bonchev–Trinajstić information content (AvgIpc) is 2.70. The van der Waals surface area contributed by atoms with Crippen molar-refractivity contribution in [3.8, 4) is 0 Å². The van der Waals surface area contributed by atoms with Crippen molar-refractivity contribution in [3.63, 3.8) is 0 Å². The van der Waals surface area contributed by atoms with Crippen LogP contribution < -0.4 is 8.48 Å². The molecular formula is C25H35N3O4Sn. The van der Waals surface area contributed by atoms with E-state index in [0.29, 0.717) is 18.8 Å². The quantitative estimate of drug-likeness (QED) is 0.476. The first-order valence-electron chi connectivity index (χ1n) is 11.4. The maximum atomic E-state index is 13.2. The third kappa shape index (κ3) is 7.09. The summed E-state index contributed by atoms with van der Waals surface area (Å²) in [6.07, 6.45) is 3.60. The summed E-state index contributed by atoms with van der Waals surface area (Å²) < 4.78 is 12.4. The van der Waals surface area contributed by atoms with Crippen molar-refractivity contribution in [2.75, 3.05) is 18.0 Å². The molecule has 2 amide bonds. The van der Waals surface area contributed by atoms with Crippen LogP contribution in [0.25, 0.3) is 0 Å². The van der Waals surface area contributed by atoms with Crippen LogP contribution >= 0.6 is 0 Å². The maximum absolute atomic E-state index is 13.2. The molecule has 1 aromatic carbocycles. The first-order chi connectivity index (χ1) is 15.4. The Morgan fingerprint density at radius 1 is 1.15 bits per heavy atom. The summed E-state index contributed by atoms with van der Waals surface area (Å²) in [5, 5.41) is 0. The van der Waals surface area contributed by atoms with Crippen LogP contribution in [0.3, 0.4) is 0 Å². The molecule has 0 aliphatic carbocycles. The van der Waals surface area contributed by atoms with Gasteiger partial charge in [0.2, 0.25) is 0 Å². The molecule has 0 saturated carbocycles. The van der Waals surface area contributed by atoms with Gasteiger partial charge < -0.3 is 0 Å². The summed E-state index contributed by atoms with van der Waals surface area (Å²) in [6.45, 7) is 6.68. The number of hydrogen-bond acceptors (Lipinski definition) is 5. The van der Waals surface area contributed by atoms with E-state index in [9.17, 15) is 9.59 Å². The second kappa shape index (κ2) is 10.3. The molecule has 1 aromatic heterocycles. The van der Waals surface area contributed by atoms with Crippen molar-refractivity contribution >= 4 is 39.8 Å². The number of rotatable bonds is 6. The Bertz CT molecular complexity index is 970. The van der Waals surface area contributed by atoms with Gasteiger partial charge in [-0.2, -0.15) is 0 Å². The number of carbonyl (C=O) groups excluding carboxylic acids is 2. The van der Waals surface area contributed by atoms with E-state index >= 15 is 0 Å². The van der Waals surface area contributed by atoms with Gasteiger partial charge in [-0.15, -0.1) is 0 Å². The summed E-state index contributed by atoms with van der Waals surface area (Å²) >= 11 is -2.41. The van der Waals surface area contributed by atoms with Crippen LogP contribution in [-0.4, -0.2) is 65.2 Å². The van der Waals surface area contributed by atoms with Crippen LogP contribution in [0.1, 0.15) is 32.8 Å². The third-order valence-corrected chi connectivity index (χ3v) is 11.2. The molecule has 8 heteroatoms. The number of benzene rings is 1. The van der Waals surface area contributed by atoms with Crippen LogP contribution in [0.4, 0.5) is 15.3 Å². The Balaban J connectivity index is 1.80. The van der Waals surface area contributed by atoms with Crippen molar-refractivity contribution in [2.45, 2.75) is 60.3 Å². The van der Waals surface area contributed by atoms with Crippen LogP contribution in [-0.2, 0) is 16.1 Å². The van der Waals surface area contributed by atoms with E-state index in [4.69, 9.17) is 9.47 Å². The van der Waals surface area contributed by atoms with Gasteiger partial charge >= 0.3 is 201 Å². The van der Waals surface area contributed by atoms with E-state index in [1.165, 1.54) is 3.58 Å². The SMILES string of the molecule is CC(C)(C)OC(=O)N1CC[C@H]1CN(C(=O)OCc1ccccc1)c1cnc[c]([Sn]([CH3])([CH3])[CH3])c1. The molecule has 0 N–H and O–H groups in total. The number of aromatic nitrogens is 1. The van der Waals surface area contributed by atoms with Gasteiger partial charge in [0.25, 0.3) is 0 Å². The Hall–Kier alpha value is -2.29. The zero-order chi connectivity index (χ0) is 24.2. The molecule has 1 aliphatic heterocycles. The molecule has 0 unspecified atom stereocenters. The van der Waals surface area contributed by atoms with Crippen molar-refractivity contribution in [1.29, 1.82) is 0 Å². The van der Waals surface area contributed by atoms with E-state index in [2.05, 4.69) is 25.9 Å². The molecule has 0 bridgehead atoms. The van der Waals surface area contributed by atoms with Crippen LogP contribution in [0.15, 0.2) is 48.8 Å². The van der Waals surface area contributed by atoms with Gasteiger partial charge in [0.1, 0.15) is 0 Å². The van der Waals surface area contributed by atoms with E-state index in [1.54, 1.807) is 16.0 Å². The van der Waals surface area contributed by atoms with Gasteiger partial charge in [-0.3, -0.25) is 0 Å². The Labute approximate surface area is 200 Å². The van der Waals surface area contributed by atoms with E-state index in [1.807, 2.05) is 57.3 Å². The fourth-order valence-electron chi connectivity index (χ4n) is 3.47. The summed E-state index contributed by atoms with van der Waals surface area (Å²) in [5.74, 6) is 0. The monoisotopic (exact) mass is 561 g/mol. The van der Waals surface area contributed by atoms with Gasteiger partial charge in [0.15, 0.2) is 0 Å². The van der Waals surface area contributed by atoms with Gasteiger partial charge in [-0.25, -0.2) is 0 Å². The molecule has 2 heterocycles. The normalized spacial score (nSPS) is 16.1. The zero-order valence-corrected chi connectivity index (χ0v) is 23.4. The number of anilines is 1. The van der Waals surface area contributed by atoms with E-state index < -0.39 is 30.1 Å². The zero-order valence-electron chi connectivity index (χ0n) is 20.5. The summed E-state index contributed by atoms with van der Waals surface area (Å²) in [7, 11) is 0. The molecular weight excluding hydrogens is 525 g/mol. The molecule has 2 aromatic rings. The minimum atomic E-state index is -2.41. The molecule has 1 fully saturated rings. The molecule has 178 valence electrons. The molecule has 1 atom stereocenters. The second-order valence-electron chi connectivity index (χ2n) is 10.4. The van der Waals surface area contributed by atoms with E-state index in [-0.39, 0.29) is 18.7 Å². The van der Waals surface area contributed by atoms with Crippen LogP contribution in [0.2, 0.25) is 14.8 Å². The molecule has 1 aliphatic rings. The Morgan fingerprint density at radius 2 is 1.85 bits per heavy atom. The number of pyridine rings is 1. The van der Waals surface area contributed by atoms with Crippen LogP contribution in [0, 0.1) is 0 Å². The molecule has 3 rings (SSSR count). The summed E-state index contributed by atoms with van der Waals surface area (Å²) in [4.78, 5) is 40.5. The molecule has 0 radical (unpaired) electrons. The van der Waals surface area contributed by atoms with Crippen molar-refractivity contribution < 1.29 is 19.1 Å². The van der Waals surface area contributed by atoms with Crippen molar-refractivity contribution in [1.82, 2.24) is 9.88 Å². The molecule has 1 saturated heterocycles. The van der Waals surface area contributed by atoms with Gasteiger partial charge in [0.05, 0.1) is 0 Å². The first kappa shape index (κ1) is 25.3. The predicted octanol–water partition coefficient (Wildman–Crippen LogP) is 4.78. The Kier molecular flexibility index (Phi) is 7.92. The molecule has 33 heavy (non-hydrogen) atoms. The number of hydrogen-bond donors (Lipinski definition) is 0. The average molecular weight is 560 g/mol. The number of likely N-dealkylation sites (tertiary alicyclic amines) is 1. The first-order valence-corrected chi connectivity index (χ1v) is 21.4. The van der Waals surface area contributed by atoms with Crippen molar-refractivity contribution in [3.05, 3.63) is 54.4 Å². The number of nitrogens with zero attached hydrogens (tertiary/aromatic N) is 3. The van der Waals surface area contributed by atoms with E-state index in [0.717, 1.165) is 12.0 Å². The predicted molar refractivity (Wildman–Crippen MR) is 133 cm³/mol. The number of carbonyl (C=O) groups is 2. The minimum absolute atomic E-state index is 0.133. The van der Waals surface area contributed by atoms with Crippen LogP contribution in [0.5, 0.6) is 0 Å². The number of ether oxygens (including phenoxy) is 2. The van der Waals surface area contributed by atoms with Gasteiger partial charge in [-0.05, 0) is 0 Å².